The van der Waals surface area contributed by atoms with Crippen molar-refractivity contribution >= 4 is 0 Å². The maximum atomic E-state index is 10.4. The van der Waals surface area contributed by atoms with Crippen LogP contribution >= 0.6 is 0 Å². The van der Waals surface area contributed by atoms with Crippen molar-refractivity contribution in [2.24, 2.45) is 0 Å². The Morgan fingerprint density at radius 2 is 2.00 bits per heavy atom. The molecule has 0 aromatic carbocycles. The van der Waals surface area contributed by atoms with Gasteiger partial charge in [0, 0.05) is 25.5 Å². The molecule has 17 heavy (non-hydrogen) atoms. The molecule has 1 heterocycles. The number of hydrogen-bond donors (Lipinski definition) is 2. The number of aromatic nitrogens is 2. The first-order valence-corrected chi connectivity index (χ1v) is 6.69. The summed E-state index contributed by atoms with van der Waals surface area (Å²) in [7, 11) is 0. The Balaban J connectivity index is 1.66. The highest BCUT2D eigenvalue weighted by Gasteiger charge is 2.27. The Hall–Kier alpha value is -0.870. The van der Waals surface area contributed by atoms with Crippen LogP contribution in [-0.4, -0.2) is 33.6 Å². The van der Waals surface area contributed by atoms with Crippen LogP contribution in [0, 0.1) is 0 Å². The Morgan fingerprint density at radius 1 is 1.24 bits per heavy atom. The van der Waals surface area contributed by atoms with Crippen LogP contribution in [0.5, 0.6) is 0 Å². The summed E-state index contributed by atoms with van der Waals surface area (Å²) in [5.74, 6) is 0. The standard InChI is InChI=1S/C13H23N3O/c17-13(6-3-1-2-4-7-13)12-14-9-11-16-10-5-8-15-16/h5,8,10,14,17H,1-4,6-7,9,11-12H2. The monoisotopic (exact) mass is 237 g/mol. The summed E-state index contributed by atoms with van der Waals surface area (Å²) in [6.45, 7) is 2.45. The molecule has 0 bridgehead atoms. The molecule has 4 nitrogen and oxygen atoms in total. The average Bonchev–Trinajstić information content (AvgIpc) is 2.74. The maximum absolute atomic E-state index is 10.4. The first-order chi connectivity index (χ1) is 8.29. The molecule has 1 aromatic heterocycles. The Kier molecular flexibility index (Phi) is 4.57. The molecule has 0 aliphatic heterocycles. The van der Waals surface area contributed by atoms with E-state index in [-0.39, 0.29) is 0 Å². The number of aliphatic hydroxyl groups is 1. The van der Waals surface area contributed by atoms with Gasteiger partial charge in [-0.15, -0.1) is 0 Å². The molecule has 0 amide bonds. The van der Waals surface area contributed by atoms with Gasteiger partial charge in [-0.2, -0.15) is 5.10 Å². The van der Waals surface area contributed by atoms with Crippen molar-refractivity contribution in [1.29, 1.82) is 0 Å². The fourth-order valence-electron chi connectivity index (χ4n) is 2.51. The molecule has 0 spiro atoms. The van der Waals surface area contributed by atoms with Crippen LogP contribution in [0.3, 0.4) is 0 Å². The molecule has 0 unspecified atom stereocenters. The van der Waals surface area contributed by atoms with Gasteiger partial charge in [0.05, 0.1) is 12.1 Å². The van der Waals surface area contributed by atoms with Gasteiger partial charge in [-0.25, -0.2) is 0 Å². The van der Waals surface area contributed by atoms with E-state index in [0.29, 0.717) is 6.54 Å². The molecule has 1 aliphatic rings. The van der Waals surface area contributed by atoms with E-state index in [1.54, 1.807) is 6.20 Å². The minimum atomic E-state index is -0.472. The van der Waals surface area contributed by atoms with Gasteiger partial charge in [-0.1, -0.05) is 25.7 Å². The van der Waals surface area contributed by atoms with Crippen LogP contribution in [-0.2, 0) is 6.54 Å². The predicted molar refractivity (Wildman–Crippen MR) is 67.7 cm³/mol. The third-order valence-corrected chi connectivity index (χ3v) is 3.57. The summed E-state index contributed by atoms with van der Waals surface area (Å²) in [5, 5.41) is 17.9. The molecule has 4 heteroatoms. The zero-order valence-electron chi connectivity index (χ0n) is 10.4. The van der Waals surface area contributed by atoms with Gasteiger partial charge in [0.15, 0.2) is 0 Å². The van der Waals surface area contributed by atoms with Crippen molar-refractivity contribution in [2.75, 3.05) is 13.1 Å². The molecule has 1 aromatic rings. The summed E-state index contributed by atoms with van der Waals surface area (Å²) < 4.78 is 1.91. The lowest BCUT2D eigenvalue weighted by Gasteiger charge is -2.26. The molecule has 0 atom stereocenters. The molecular formula is C13H23N3O. The molecular weight excluding hydrogens is 214 g/mol. The van der Waals surface area contributed by atoms with Crippen LogP contribution in [0.2, 0.25) is 0 Å². The van der Waals surface area contributed by atoms with Gasteiger partial charge < -0.3 is 10.4 Å². The number of hydrogen-bond acceptors (Lipinski definition) is 3. The highest BCUT2D eigenvalue weighted by atomic mass is 16.3. The van der Waals surface area contributed by atoms with Crippen LogP contribution in [0.1, 0.15) is 38.5 Å². The third kappa shape index (κ3) is 4.13. The number of rotatable bonds is 5. The smallest absolute Gasteiger partial charge is 0.0771 e. The molecule has 2 N–H and O–H groups in total. The normalized spacial score (nSPS) is 20.1. The Labute approximate surface area is 103 Å². The molecule has 2 rings (SSSR count). The van der Waals surface area contributed by atoms with E-state index < -0.39 is 5.60 Å². The van der Waals surface area contributed by atoms with Crippen molar-refractivity contribution in [3.63, 3.8) is 0 Å². The Bertz CT molecular complexity index is 302. The van der Waals surface area contributed by atoms with Crippen LogP contribution < -0.4 is 5.32 Å². The summed E-state index contributed by atoms with van der Waals surface area (Å²) in [6, 6.07) is 1.93. The number of nitrogens with zero attached hydrogens (tertiary/aromatic N) is 2. The molecule has 1 saturated carbocycles. The van der Waals surface area contributed by atoms with Crippen molar-refractivity contribution < 1.29 is 5.11 Å². The van der Waals surface area contributed by atoms with E-state index in [0.717, 1.165) is 38.8 Å². The van der Waals surface area contributed by atoms with E-state index >= 15 is 0 Å². The lowest BCUT2D eigenvalue weighted by molar-refractivity contribution is 0.0253. The van der Waals surface area contributed by atoms with Gasteiger partial charge in [0.2, 0.25) is 0 Å². The van der Waals surface area contributed by atoms with Crippen molar-refractivity contribution in [3.8, 4) is 0 Å². The zero-order valence-corrected chi connectivity index (χ0v) is 10.4. The highest BCUT2D eigenvalue weighted by Crippen LogP contribution is 2.26. The van der Waals surface area contributed by atoms with Crippen LogP contribution in [0.4, 0.5) is 0 Å². The van der Waals surface area contributed by atoms with Gasteiger partial charge in [0.1, 0.15) is 0 Å². The van der Waals surface area contributed by atoms with Crippen LogP contribution in [0.15, 0.2) is 18.5 Å². The SMILES string of the molecule is OC1(CNCCn2cccn2)CCCCCC1. The second-order valence-corrected chi connectivity index (χ2v) is 5.08. The minimum Gasteiger partial charge on any atom is -0.389 e. The van der Waals surface area contributed by atoms with Gasteiger partial charge in [0.25, 0.3) is 0 Å². The maximum Gasteiger partial charge on any atom is 0.0771 e. The Morgan fingerprint density at radius 3 is 2.65 bits per heavy atom. The van der Waals surface area contributed by atoms with E-state index in [1.807, 2.05) is 16.9 Å². The summed E-state index contributed by atoms with van der Waals surface area (Å²) in [4.78, 5) is 0. The van der Waals surface area contributed by atoms with E-state index in [4.69, 9.17) is 0 Å². The van der Waals surface area contributed by atoms with Crippen molar-refractivity contribution in [3.05, 3.63) is 18.5 Å². The zero-order chi connectivity index (χ0) is 12.0. The van der Waals surface area contributed by atoms with Gasteiger partial charge >= 0.3 is 0 Å². The lowest BCUT2D eigenvalue weighted by Crippen LogP contribution is -2.41. The van der Waals surface area contributed by atoms with E-state index in [2.05, 4.69) is 10.4 Å². The van der Waals surface area contributed by atoms with Gasteiger partial charge in [-0.3, -0.25) is 4.68 Å². The second kappa shape index (κ2) is 6.17. The van der Waals surface area contributed by atoms with Crippen LogP contribution in [0.25, 0.3) is 0 Å². The first kappa shape index (κ1) is 12.6. The topological polar surface area (TPSA) is 50.1 Å². The van der Waals surface area contributed by atoms with E-state index in [9.17, 15) is 5.11 Å². The van der Waals surface area contributed by atoms with Gasteiger partial charge in [-0.05, 0) is 18.9 Å². The minimum absolute atomic E-state index is 0.472. The van der Waals surface area contributed by atoms with E-state index in [1.165, 1.54) is 12.8 Å². The molecule has 1 fully saturated rings. The molecule has 0 saturated heterocycles. The summed E-state index contributed by atoms with van der Waals surface area (Å²) in [6.07, 6.45) is 10.5. The summed E-state index contributed by atoms with van der Waals surface area (Å²) in [5.41, 5.74) is -0.472. The third-order valence-electron chi connectivity index (χ3n) is 3.57. The fourth-order valence-corrected chi connectivity index (χ4v) is 2.51. The quantitative estimate of drug-likeness (QED) is 0.603. The second-order valence-electron chi connectivity index (χ2n) is 5.08. The molecule has 1 aliphatic carbocycles. The highest BCUT2D eigenvalue weighted by molar-refractivity contribution is 4.83. The lowest BCUT2D eigenvalue weighted by atomic mass is 9.94. The van der Waals surface area contributed by atoms with Crippen molar-refractivity contribution in [2.45, 2.75) is 50.7 Å². The first-order valence-electron chi connectivity index (χ1n) is 6.69. The fraction of sp³-hybridized carbons (Fsp3) is 0.769. The van der Waals surface area contributed by atoms with Crippen molar-refractivity contribution in [1.82, 2.24) is 15.1 Å². The number of nitrogens with one attached hydrogen (secondary N) is 1. The largest absolute Gasteiger partial charge is 0.389 e. The average molecular weight is 237 g/mol. The summed E-state index contributed by atoms with van der Waals surface area (Å²) >= 11 is 0. The predicted octanol–water partition coefficient (Wildman–Crippen LogP) is 1.56. The molecule has 0 radical (unpaired) electrons. The molecule has 96 valence electrons.